The number of nitrogens with zero attached hydrogens (tertiary/aromatic N) is 1. The Labute approximate surface area is 184 Å². The van der Waals surface area contributed by atoms with E-state index in [0.29, 0.717) is 17.0 Å². The average molecular weight is 443 g/mol. The Morgan fingerprint density at radius 3 is 2.35 bits per heavy atom. The van der Waals surface area contributed by atoms with Gasteiger partial charge >= 0.3 is 6.03 Å². The molecule has 2 atom stereocenters. The van der Waals surface area contributed by atoms with E-state index in [4.69, 9.17) is 11.6 Å². The molecule has 0 bridgehead atoms. The topological polar surface area (TPSA) is 108 Å². The zero-order valence-electron chi connectivity index (χ0n) is 17.1. The van der Waals surface area contributed by atoms with Crippen molar-refractivity contribution in [3.63, 3.8) is 0 Å². The Balaban J connectivity index is 1.76. The molecule has 0 aromatic heterocycles. The Morgan fingerprint density at radius 2 is 1.74 bits per heavy atom. The van der Waals surface area contributed by atoms with E-state index in [9.17, 15) is 19.2 Å². The highest BCUT2D eigenvalue weighted by Gasteiger charge is 2.47. The predicted octanol–water partition coefficient (Wildman–Crippen LogP) is 2.95. The van der Waals surface area contributed by atoms with E-state index >= 15 is 0 Å². The van der Waals surface area contributed by atoms with Crippen molar-refractivity contribution in [1.82, 2.24) is 21.1 Å². The Morgan fingerprint density at radius 1 is 1.10 bits per heavy atom. The molecule has 5 amide bonds. The summed E-state index contributed by atoms with van der Waals surface area (Å²) in [5.74, 6) is -1.58. The quantitative estimate of drug-likeness (QED) is 0.573. The number of halogens is 1. The lowest BCUT2D eigenvalue weighted by Crippen LogP contribution is -2.49. The second-order valence-corrected chi connectivity index (χ2v) is 7.82. The largest absolute Gasteiger partial charge is 0.345 e. The molecule has 0 spiro atoms. The maximum Gasteiger partial charge on any atom is 0.344 e. The highest BCUT2D eigenvalue weighted by Crippen LogP contribution is 2.22. The van der Waals surface area contributed by atoms with Gasteiger partial charge in [-0.2, -0.15) is 5.01 Å². The van der Waals surface area contributed by atoms with E-state index in [1.807, 2.05) is 6.07 Å². The third-order valence-corrected chi connectivity index (χ3v) is 5.55. The normalized spacial score (nSPS) is 19.0. The fraction of sp³-hybridized carbons (Fsp3) is 0.273. The first-order valence-corrected chi connectivity index (χ1v) is 10.2. The van der Waals surface area contributed by atoms with Crippen LogP contribution in [-0.2, 0) is 9.59 Å². The van der Waals surface area contributed by atoms with Gasteiger partial charge in [0.2, 0.25) is 5.91 Å². The summed E-state index contributed by atoms with van der Waals surface area (Å²) in [7, 11) is 0. The van der Waals surface area contributed by atoms with Crippen molar-refractivity contribution >= 4 is 35.4 Å². The smallest absolute Gasteiger partial charge is 0.344 e. The van der Waals surface area contributed by atoms with Gasteiger partial charge in [0.05, 0.1) is 23.0 Å². The third kappa shape index (κ3) is 4.86. The maximum absolute atomic E-state index is 12.7. The number of hydrazine groups is 1. The Hall–Kier alpha value is -3.39. The van der Waals surface area contributed by atoms with Crippen molar-refractivity contribution in [3.8, 4) is 0 Å². The Bertz CT molecular complexity index is 1010. The number of imide groups is 1. The summed E-state index contributed by atoms with van der Waals surface area (Å²) < 4.78 is 0. The fourth-order valence-corrected chi connectivity index (χ4v) is 3.42. The minimum absolute atomic E-state index is 0.194. The van der Waals surface area contributed by atoms with E-state index in [1.165, 1.54) is 0 Å². The van der Waals surface area contributed by atoms with E-state index in [0.717, 1.165) is 0 Å². The van der Waals surface area contributed by atoms with Crippen LogP contribution < -0.4 is 16.1 Å². The van der Waals surface area contributed by atoms with Crippen LogP contribution in [0.3, 0.4) is 0 Å². The van der Waals surface area contributed by atoms with Gasteiger partial charge in [0.1, 0.15) is 5.54 Å². The van der Waals surface area contributed by atoms with Gasteiger partial charge in [-0.3, -0.25) is 19.8 Å². The monoisotopic (exact) mass is 442 g/mol. The van der Waals surface area contributed by atoms with E-state index in [1.54, 1.807) is 62.4 Å². The lowest BCUT2D eigenvalue weighted by molar-refractivity contribution is -0.139. The maximum atomic E-state index is 12.7. The van der Waals surface area contributed by atoms with Crippen molar-refractivity contribution in [2.24, 2.45) is 0 Å². The molecule has 0 radical (unpaired) electrons. The van der Waals surface area contributed by atoms with Crippen LogP contribution in [0.2, 0.25) is 5.02 Å². The molecule has 1 saturated heterocycles. The number of nitrogens with one attached hydrogen (secondary N) is 3. The molecular formula is C22H23ClN4O4. The molecule has 9 heteroatoms. The molecule has 162 valence electrons. The molecule has 1 aliphatic heterocycles. The second-order valence-electron chi connectivity index (χ2n) is 7.41. The minimum atomic E-state index is -1.07. The van der Waals surface area contributed by atoms with Crippen LogP contribution in [0.25, 0.3) is 0 Å². The van der Waals surface area contributed by atoms with Crippen LogP contribution in [-0.4, -0.2) is 34.3 Å². The minimum Gasteiger partial charge on any atom is -0.345 e. The summed E-state index contributed by atoms with van der Waals surface area (Å²) in [4.78, 5) is 50.1. The van der Waals surface area contributed by atoms with Crippen LogP contribution in [0.4, 0.5) is 4.79 Å². The van der Waals surface area contributed by atoms with Gasteiger partial charge in [-0.15, -0.1) is 0 Å². The van der Waals surface area contributed by atoms with Gasteiger partial charge in [-0.05, 0) is 31.0 Å². The molecule has 31 heavy (non-hydrogen) atoms. The zero-order chi connectivity index (χ0) is 22.6. The number of carbonyl (C=O) groups is 4. The third-order valence-electron chi connectivity index (χ3n) is 5.22. The van der Waals surface area contributed by atoms with Crippen LogP contribution in [0, 0.1) is 0 Å². The van der Waals surface area contributed by atoms with Gasteiger partial charge in [-0.1, -0.05) is 61.0 Å². The SMILES string of the molecule is CC[C@@]1(C)NC(=O)N(NC(=O)C[C@@H](NC(=O)c2ccccc2Cl)c2ccccc2)C1=O. The van der Waals surface area contributed by atoms with Crippen LogP contribution in [0.5, 0.6) is 0 Å². The summed E-state index contributed by atoms with van der Waals surface area (Å²) >= 11 is 6.11. The molecule has 3 N–H and O–H groups in total. The summed E-state index contributed by atoms with van der Waals surface area (Å²) in [6, 6.07) is 14.1. The summed E-state index contributed by atoms with van der Waals surface area (Å²) in [5.41, 5.74) is 2.24. The van der Waals surface area contributed by atoms with Crippen molar-refractivity contribution in [2.45, 2.75) is 38.3 Å². The predicted molar refractivity (Wildman–Crippen MR) is 115 cm³/mol. The molecule has 2 aromatic rings. The first-order chi connectivity index (χ1) is 14.7. The van der Waals surface area contributed by atoms with Gasteiger partial charge in [0.15, 0.2) is 0 Å². The number of rotatable bonds is 7. The lowest BCUT2D eigenvalue weighted by atomic mass is 10.00. The van der Waals surface area contributed by atoms with E-state index < -0.39 is 35.3 Å². The highest BCUT2D eigenvalue weighted by atomic mass is 35.5. The van der Waals surface area contributed by atoms with Crippen molar-refractivity contribution in [3.05, 3.63) is 70.7 Å². The molecule has 0 aliphatic carbocycles. The number of hydrogen-bond acceptors (Lipinski definition) is 4. The van der Waals surface area contributed by atoms with Gasteiger partial charge in [0.25, 0.3) is 11.8 Å². The first-order valence-electron chi connectivity index (χ1n) is 9.81. The van der Waals surface area contributed by atoms with Crippen molar-refractivity contribution < 1.29 is 19.2 Å². The summed E-state index contributed by atoms with van der Waals surface area (Å²) in [6.45, 7) is 3.36. The van der Waals surface area contributed by atoms with Crippen molar-refractivity contribution in [2.75, 3.05) is 0 Å². The van der Waals surface area contributed by atoms with E-state index in [-0.39, 0.29) is 17.0 Å². The highest BCUT2D eigenvalue weighted by molar-refractivity contribution is 6.33. The van der Waals surface area contributed by atoms with Crippen LogP contribution in [0.1, 0.15) is 48.7 Å². The van der Waals surface area contributed by atoms with E-state index in [2.05, 4.69) is 16.1 Å². The Kier molecular flexibility index (Phi) is 6.60. The van der Waals surface area contributed by atoms with Crippen LogP contribution in [0.15, 0.2) is 54.6 Å². The number of urea groups is 1. The number of carbonyl (C=O) groups excluding carboxylic acids is 4. The van der Waals surface area contributed by atoms with Crippen molar-refractivity contribution in [1.29, 1.82) is 0 Å². The molecule has 0 saturated carbocycles. The summed E-state index contributed by atoms with van der Waals surface area (Å²) in [5, 5.41) is 6.35. The molecule has 1 fully saturated rings. The molecule has 0 unspecified atom stereocenters. The van der Waals surface area contributed by atoms with Gasteiger partial charge in [-0.25, -0.2) is 4.79 Å². The molecule has 1 aliphatic rings. The molecule has 1 heterocycles. The first kappa shape index (κ1) is 22.3. The molecule has 8 nitrogen and oxygen atoms in total. The zero-order valence-corrected chi connectivity index (χ0v) is 17.9. The number of benzene rings is 2. The fourth-order valence-electron chi connectivity index (χ4n) is 3.20. The van der Waals surface area contributed by atoms with Gasteiger partial charge < -0.3 is 10.6 Å². The summed E-state index contributed by atoms with van der Waals surface area (Å²) in [6.07, 6.45) is 0.185. The standard InChI is InChI=1S/C22H23ClN4O4/c1-3-22(2)20(30)27(21(31)25-22)26-18(28)13-17(14-9-5-4-6-10-14)24-19(29)15-11-7-8-12-16(15)23/h4-12,17H,3,13H2,1-2H3,(H,24,29)(H,25,31)(H,26,28)/t17-,22-/m1/s1. The molecular weight excluding hydrogens is 420 g/mol. The second kappa shape index (κ2) is 9.18. The number of hydrogen-bond donors (Lipinski definition) is 3. The number of amides is 5. The van der Waals surface area contributed by atoms with Gasteiger partial charge in [0, 0.05) is 0 Å². The molecule has 3 rings (SSSR count). The lowest BCUT2D eigenvalue weighted by Gasteiger charge is -2.22. The average Bonchev–Trinajstić information content (AvgIpc) is 2.97. The molecule has 2 aromatic carbocycles. The van der Waals surface area contributed by atoms with Crippen LogP contribution >= 0.6 is 11.6 Å².